The number of sulfonamides is 2. The number of nitrogens with zero attached hydrogens (tertiary/aromatic N) is 1. The molecule has 0 aliphatic rings. The summed E-state index contributed by atoms with van der Waals surface area (Å²) < 4.78 is 46.1. The van der Waals surface area contributed by atoms with E-state index in [1.165, 1.54) is 24.3 Å². The van der Waals surface area contributed by atoms with Crippen LogP contribution in [-0.2, 0) is 20.0 Å². The van der Waals surface area contributed by atoms with Crippen LogP contribution in [0.3, 0.4) is 0 Å². The lowest BCUT2D eigenvalue weighted by atomic mass is 10.4. The predicted molar refractivity (Wildman–Crippen MR) is 64.4 cm³/mol. The minimum Gasteiger partial charge on any atom is -0.211 e. The Balaban J connectivity index is 3.02. The zero-order chi connectivity index (χ0) is 13.3. The summed E-state index contributed by atoms with van der Waals surface area (Å²) in [5, 5.41) is 0.389. The maximum absolute atomic E-state index is 11.7. The fourth-order valence-corrected chi connectivity index (χ4v) is 2.80. The van der Waals surface area contributed by atoms with Gasteiger partial charge in [0.15, 0.2) is 0 Å². The van der Waals surface area contributed by atoms with E-state index in [0.29, 0.717) is 9.44 Å². The standard InChI is InChI=1S/C8H11ClN2O4S2/c1-11(16(2,12)13)10-17(14,15)8-5-3-7(9)4-6-8/h3-6,10H,1-2H3. The molecular formula is C8H11ClN2O4S2. The SMILES string of the molecule is CN(NS(=O)(=O)c1ccc(Cl)cc1)S(C)(=O)=O. The lowest BCUT2D eigenvalue weighted by molar-refractivity contribution is 0.436. The summed E-state index contributed by atoms with van der Waals surface area (Å²) in [5.41, 5.74) is 0. The topological polar surface area (TPSA) is 83.6 Å². The number of hydrazine groups is 1. The zero-order valence-electron chi connectivity index (χ0n) is 9.08. The maximum atomic E-state index is 11.7. The molecule has 6 nitrogen and oxygen atoms in total. The van der Waals surface area contributed by atoms with Crippen molar-refractivity contribution in [2.24, 2.45) is 0 Å². The van der Waals surface area contributed by atoms with E-state index in [4.69, 9.17) is 11.6 Å². The van der Waals surface area contributed by atoms with Gasteiger partial charge < -0.3 is 0 Å². The van der Waals surface area contributed by atoms with Gasteiger partial charge in [0.05, 0.1) is 11.2 Å². The molecule has 0 unspecified atom stereocenters. The van der Waals surface area contributed by atoms with Crippen LogP contribution in [0.2, 0.25) is 5.02 Å². The number of nitrogens with one attached hydrogen (secondary N) is 1. The van der Waals surface area contributed by atoms with E-state index < -0.39 is 20.0 Å². The van der Waals surface area contributed by atoms with Gasteiger partial charge in [-0.3, -0.25) is 0 Å². The molecule has 0 aliphatic heterocycles. The Labute approximate surface area is 105 Å². The van der Waals surface area contributed by atoms with Gasteiger partial charge in [0.25, 0.3) is 10.0 Å². The number of rotatable bonds is 4. The molecule has 0 aromatic heterocycles. The fourth-order valence-electron chi connectivity index (χ4n) is 0.903. The molecular weight excluding hydrogens is 288 g/mol. The second kappa shape index (κ2) is 4.91. The van der Waals surface area contributed by atoms with Gasteiger partial charge in [-0.2, -0.15) is 0 Å². The molecule has 1 rings (SSSR count). The molecule has 1 aromatic rings. The van der Waals surface area contributed by atoms with Crippen LogP contribution < -0.4 is 4.83 Å². The van der Waals surface area contributed by atoms with Crippen LogP contribution in [-0.4, -0.2) is 34.6 Å². The molecule has 0 amide bonds. The van der Waals surface area contributed by atoms with Crippen LogP contribution in [0, 0.1) is 0 Å². The van der Waals surface area contributed by atoms with E-state index in [1.807, 2.05) is 4.83 Å². The normalized spacial score (nSPS) is 12.9. The largest absolute Gasteiger partial charge is 0.254 e. The molecule has 1 N–H and O–H groups in total. The van der Waals surface area contributed by atoms with Crippen molar-refractivity contribution >= 4 is 31.6 Å². The smallest absolute Gasteiger partial charge is 0.211 e. The first-order valence-electron chi connectivity index (χ1n) is 4.35. The zero-order valence-corrected chi connectivity index (χ0v) is 11.5. The van der Waals surface area contributed by atoms with Crippen LogP contribution in [0.25, 0.3) is 0 Å². The van der Waals surface area contributed by atoms with E-state index >= 15 is 0 Å². The highest BCUT2D eigenvalue weighted by molar-refractivity contribution is 7.91. The third kappa shape index (κ3) is 3.93. The Hall–Kier alpha value is -0.670. The highest BCUT2D eigenvalue weighted by Crippen LogP contribution is 2.14. The van der Waals surface area contributed by atoms with Crippen molar-refractivity contribution in [2.75, 3.05) is 13.3 Å². The van der Waals surface area contributed by atoms with Gasteiger partial charge in [0.2, 0.25) is 10.0 Å². The highest BCUT2D eigenvalue weighted by Gasteiger charge is 2.20. The number of hydrogen-bond acceptors (Lipinski definition) is 4. The van der Waals surface area contributed by atoms with E-state index in [2.05, 4.69) is 0 Å². The van der Waals surface area contributed by atoms with E-state index in [-0.39, 0.29) is 4.90 Å². The van der Waals surface area contributed by atoms with Crippen molar-refractivity contribution in [1.82, 2.24) is 9.25 Å². The molecule has 96 valence electrons. The van der Waals surface area contributed by atoms with Crippen LogP contribution in [0.4, 0.5) is 0 Å². The lowest BCUT2D eigenvalue weighted by Crippen LogP contribution is -2.42. The van der Waals surface area contributed by atoms with Crippen molar-refractivity contribution in [3.05, 3.63) is 29.3 Å². The van der Waals surface area contributed by atoms with Crippen molar-refractivity contribution < 1.29 is 16.8 Å². The highest BCUT2D eigenvalue weighted by atomic mass is 35.5. The Morgan fingerprint density at radius 2 is 1.59 bits per heavy atom. The van der Waals surface area contributed by atoms with Crippen molar-refractivity contribution in [3.63, 3.8) is 0 Å². The van der Waals surface area contributed by atoms with E-state index in [9.17, 15) is 16.8 Å². The fraction of sp³-hybridized carbons (Fsp3) is 0.250. The number of benzene rings is 1. The van der Waals surface area contributed by atoms with Crippen LogP contribution >= 0.6 is 11.6 Å². The molecule has 1 aromatic carbocycles. The third-order valence-electron chi connectivity index (χ3n) is 1.87. The van der Waals surface area contributed by atoms with Crippen molar-refractivity contribution in [1.29, 1.82) is 0 Å². The lowest BCUT2D eigenvalue weighted by Gasteiger charge is -2.15. The monoisotopic (exact) mass is 298 g/mol. The van der Waals surface area contributed by atoms with Gasteiger partial charge in [0.1, 0.15) is 0 Å². The summed E-state index contributed by atoms with van der Waals surface area (Å²) in [6.45, 7) is 0. The first-order valence-corrected chi connectivity index (χ1v) is 8.06. The molecule has 0 fully saturated rings. The maximum Gasteiger partial charge on any atom is 0.254 e. The Morgan fingerprint density at radius 3 is 2.00 bits per heavy atom. The number of halogens is 1. The van der Waals surface area contributed by atoms with Gasteiger partial charge >= 0.3 is 0 Å². The van der Waals surface area contributed by atoms with Gasteiger partial charge in [-0.15, -0.1) is 9.25 Å². The molecule has 0 saturated heterocycles. The molecule has 0 radical (unpaired) electrons. The molecule has 0 bridgehead atoms. The van der Waals surface area contributed by atoms with Crippen molar-refractivity contribution in [2.45, 2.75) is 4.90 Å². The number of hydrogen-bond donors (Lipinski definition) is 1. The summed E-state index contributed by atoms with van der Waals surface area (Å²) >= 11 is 5.62. The quantitative estimate of drug-likeness (QED) is 0.817. The molecule has 9 heteroatoms. The Morgan fingerprint density at radius 1 is 1.12 bits per heavy atom. The summed E-state index contributed by atoms with van der Waals surface area (Å²) in [5.74, 6) is 0. The van der Waals surface area contributed by atoms with Gasteiger partial charge in [-0.25, -0.2) is 16.8 Å². The van der Waals surface area contributed by atoms with E-state index in [0.717, 1.165) is 13.3 Å². The van der Waals surface area contributed by atoms with Gasteiger partial charge in [-0.05, 0) is 24.3 Å². The first-order chi connectivity index (χ1) is 7.63. The van der Waals surface area contributed by atoms with Crippen molar-refractivity contribution in [3.8, 4) is 0 Å². The Kier molecular flexibility index (Phi) is 4.15. The summed E-state index contributed by atoms with van der Waals surface area (Å²) in [6.07, 6.45) is 0.886. The summed E-state index contributed by atoms with van der Waals surface area (Å²) in [6, 6.07) is 5.36. The summed E-state index contributed by atoms with van der Waals surface area (Å²) in [4.78, 5) is 1.83. The second-order valence-electron chi connectivity index (χ2n) is 3.28. The molecule has 0 heterocycles. The first kappa shape index (κ1) is 14.4. The third-order valence-corrected chi connectivity index (χ3v) is 4.73. The van der Waals surface area contributed by atoms with E-state index in [1.54, 1.807) is 0 Å². The average molecular weight is 299 g/mol. The predicted octanol–water partition coefficient (Wildman–Crippen LogP) is 0.425. The molecule has 17 heavy (non-hydrogen) atoms. The van der Waals surface area contributed by atoms with Crippen LogP contribution in [0.15, 0.2) is 29.2 Å². The van der Waals surface area contributed by atoms with Gasteiger partial charge in [0, 0.05) is 12.1 Å². The van der Waals surface area contributed by atoms with Crippen LogP contribution in [0.5, 0.6) is 0 Å². The second-order valence-corrected chi connectivity index (χ2v) is 7.39. The molecule has 0 aliphatic carbocycles. The Bertz CT molecular complexity index is 595. The van der Waals surface area contributed by atoms with Gasteiger partial charge in [-0.1, -0.05) is 11.6 Å². The summed E-state index contributed by atoms with van der Waals surface area (Å²) in [7, 11) is -6.46. The molecule has 0 spiro atoms. The minimum absolute atomic E-state index is 0.0719. The van der Waals surface area contributed by atoms with Crippen LogP contribution in [0.1, 0.15) is 0 Å². The molecule has 0 saturated carbocycles. The molecule has 0 atom stereocenters. The average Bonchev–Trinajstić information content (AvgIpc) is 2.16. The minimum atomic E-state index is -3.92.